The van der Waals surface area contributed by atoms with E-state index in [1.54, 1.807) is 18.4 Å². The second kappa shape index (κ2) is 7.26. The quantitative estimate of drug-likeness (QED) is 0.618. The molecule has 1 atom stereocenters. The van der Waals surface area contributed by atoms with Crippen molar-refractivity contribution < 1.29 is 9.53 Å². The third kappa shape index (κ3) is 3.88. The Hall–Kier alpha value is -1.38. The predicted molar refractivity (Wildman–Crippen MR) is 91.5 cm³/mol. The predicted octanol–water partition coefficient (Wildman–Crippen LogP) is 2.13. The molecule has 0 aliphatic heterocycles. The Balaban J connectivity index is 2.05. The summed E-state index contributed by atoms with van der Waals surface area (Å²) in [7, 11) is 1.61. The maximum Gasteiger partial charge on any atom is 0.230 e. The highest BCUT2D eigenvalue weighted by Gasteiger charge is 2.14. The lowest BCUT2D eigenvalue weighted by molar-refractivity contribution is -0.119. The van der Waals surface area contributed by atoms with Crippen LogP contribution in [0, 0.1) is 13.8 Å². The molecule has 0 saturated heterocycles. The van der Waals surface area contributed by atoms with E-state index in [4.69, 9.17) is 10.5 Å². The number of amides is 1. The van der Waals surface area contributed by atoms with Gasteiger partial charge >= 0.3 is 0 Å². The van der Waals surface area contributed by atoms with Gasteiger partial charge in [0.2, 0.25) is 5.91 Å². The number of fused-ring (bicyclic) bond motifs is 1. The molecule has 22 heavy (non-hydrogen) atoms. The first kappa shape index (κ1) is 17.0. The number of nitrogens with two attached hydrogens (primary N) is 1. The maximum absolute atomic E-state index is 11.8. The summed E-state index contributed by atoms with van der Waals surface area (Å²) in [6.45, 7) is 6.44. The van der Waals surface area contributed by atoms with E-state index in [-0.39, 0.29) is 17.7 Å². The number of thiophene rings is 1. The van der Waals surface area contributed by atoms with Crippen molar-refractivity contribution >= 4 is 45.0 Å². The summed E-state index contributed by atoms with van der Waals surface area (Å²) in [6.07, 6.45) is 0. The van der Waals surface area contributed by atoms with Crippen molar-refractivity contribution in [2.75, 3.05) is 25.2 Å². The molecule has 2 aromatic rings. The number of nitrogens with zero attached hydrogens (tertiary/aromatic N) is 2. The smallest absolute Gasteiger partial charge is 0.230 e. The minimum absolute atomic E-state index is 0.0193. The molecule has 3 N–H and O–H groups in total. The van der Waals surface area contributed by atoms with Crippen molar-refractivity contribution in [2.24, 2.45) is 0 Å². The zero-order valence-corrected chi connectivity index (χ0v) is 14.7. The van der Waals surface area contributed by atoms with Gasteiger partial charge in [-0.1, -0.05) is 11.8 Å². The van der Waals surface area contributed by atoms with Gasteiger partial charge in [-0.05, 0) is 26.3 Å². The third-order valence-corrected chi connectivity index (χ3v) is 5.14. The molecule has 0 spiro atoms. The van der Waals surface area contributed by atoms with Crippen molar-refractivity contribution in [1.82, 2.24) is 15.3 Å². The molecule has 8 heteroatoms. The highest BCUT2D eigenvalue weighted by Crippen LogP contribution is 2.33. The topological polar surface area (TPSA) is 90.1 Å². The number of aryl methyl sites for hydroxylation is 2. The SMILES string of the molecule is COCC(C)NC(=O)CSc1nc(N)c2c(C)c(C)sc2n1. The van der Waals surface area contributed by atoms with Crippen LogP contribution in [0.4, 0.5) is 5.82 Å². The fourth-order valence-electron chi connectivity index (χ4n) is 2.06. The van der Waals surface area contributed by atoms with Crippen molar-refractivity contribution in [3.05, 3.63) is 10.4 Å². The first-order valence-corrected chi connectivity index (χ1v) is 8.67. The van der Waals surface area contributed by atoms with E-state index in [9.17, 15) is 4.79 Å². The van der Waals surface area contributed by atoms with Crippen LogP contribution in [0.1, 0.15) is 17.4 Å². The Morgan fingerprint density at radius 3 is 2.86 bits per heavy atom. The fraction of sp³-hybridized carbons (Fsp3) is 0.500. The largest absolute Gasteiger partial charge is 0.383 e. The lowest BCUT2D eigenvalue weighted by Gasteiger charge is -2.12. The van der Waals surface area contributed by atoms with Gasteiger partial charge in [0.05, 0.1) is 17.7 Å². The normalized spacial score (nSPS) is 12.5. The van der Waals surface area contributed by atoms with Gasteiger partial charge in [-0.15, -0.1) is 11.3 Å². The molecule has 0 fully saturated rings. The van der Waals surface area contributed by atoms with E-state index < -0.39 is 0 Å². The average Bonchev–Trinajstić information content (AvgIpc) is 2.72. The van der Waals surface area contributed by atoms with Crippen LogP contribution in [-0.4, -0.2) is 41.4 Å². The van der Waals surface area contributed by atoms with Gasteiger partial charge < -0.3 is 15.8 Å². The molecule has 0 aromatic carbocycles. The summed E-state index contributed by atoms with van der Waals surface area (Å²) < 4.78 is 4.98. The van der Waals surface area contributed by atoms with Gasteiger partial charge in [0, 0.05) is 18.0 Å². The second-order valence-electron chi connectivity index (χ2n) is 5.07. The van der Waals surface area contributed by atoms with Gasteiger partial charge in [0.15, 0.2) is 5.16 Å². The Kier molecular flexibility index (Phi) is 5.60. The van der Waals surface area contributed by atoms with Crippen LogP contribution in [0.25, 0.3) is 10.2 Å². The van der Waals surface area contributed by atoms with E-state index in [0.717, 1.165) is 15.8 Å². The number of anilines is 1. The zero-order valence-electron chi connectivity index (χ0n) is 13.1. The summed E-state index contributed by atoms with van der Waals surface area (Å²) in [4.78, 5) is 22.7. The summed E-state index contributed by atoms with van der Waals surface area (Å²) in [5.41, 5.74) is 7.15. The maximum atomic E-state index is 11.8. The van der Waals surface area contributed by atoms with Gasteiger partial charge in [-0.3, -0.25) is 4.79 Å². The monoisotopic (exact) mass is 340 g/mol. The second-order valence-corrected chi connectivity index (χ2v) is 7.21. The summed E-state index contributed by atoms with van der Waals surface area (Å²) in [6, 6.07) is -0.0193. The van der Waals surface area contributed by atoms with E-state index in [1.165, 1.54) is 16.6 Å². The number of nitrogen functional groups attached to an aromatic ring is 1. The summed E-state index contributed by atoms with van der Waals surface area (Å²) in [5, 5.41) is 4.30. The molecule has 6 nitrogen and oxygen atoms in total. The summed E-state index contributed by atoms with van der Waals surface area (Å²) >= 11 is 2.88. The number of carbonyl (C=O) groups is 1. The van der Waals surface area contributed by atoms with Crippen LogP contribution in [0.15, 0.2) is 5.16 Å². The fourth-order valence-corrected chi connectivity index (χ4v) is 3.82. The van der Waals surface area contributed by atoms with E-state index in [0.29, 0.717) is 17.6 Å². The van der Waals surface area contributed by atoms with Gasteiger partial charge in [0.1, 0.15) is 10.6 Å². The standard InChI is InChI=1S/C14H20N4O2S2/c1-7(5-20-4)16-10(19)6-21-14-17-12(15)11-8(2)9(3)22-13(11)18-14/h7H,5-6H2,1-4H3,(H,16,19)(H2,15,17,18). The minimum Gasteiger partial charge on any atom is -0.383 e. The minimum atomic E-state index is -0.0737. The molecular weight excluding hydrogens is 320 g/mol. The molecule has 0 radical (unpaired) electrons. The Morgan fingerprint density at radius 2 is 2.18 bits per heavy atom. The molecule has 2 rings (SSSR count). The van der Waals surface area contributed by atoms with Gasteiger partial charge in [-0.2, -0.15) is 0 Å². The number of methoxy groups -OCH3 is 1. The van der Waals surface area contributed by atoms with Crippen molar-refractivity contribution in [2.45, 2.75) is 32.0 Å². The molecule has 120 valence electrons. The number of hydrogen-bond acceptors (Lipinski definition) is 7. The van der Waals surface area contributed by atoms with Crippen molar-refractivity contribution in [3.8, 4) is 0 Å². The Labute approximate surface area is 137 Å². The third-order valence-electron chi connectivity index (χ3n) is 3.19. The van der Waals surface area contributed by atoms with E-state index in [1.807, 2.05) is 20.8 Å². The van der Waals surface area contributed by atoms with Crippen LogP contribution in [-0.2, 0) is 9.53 Å². The number of thioether (sulfide) groups is 1. The van der Waals surface area contributed by atoms with Crippen LogP contribution in [0.5, 0.6) is 0 Å². The molecular formula is C14H20N4O2S2. The number of aromatic nitrogens is 2. The first-order chi connectivity index (χ1) is 10.4. The zero-order chi connectivity index (χ0) is 16.3. The van der Waals surface area contributed by atoms with Gasteiger partial charge in [-0.25, -0.2) is 9.97 Å². The summed E-state index contributed by atoms with van der Waals surface area (Å²) in [5.74, 6) is 0.653. The average molecular weight is 340 g/mol. The molecule has 1 unspecified atom stereocenters. The molecule has 0 saturated carbocycles. The molecule has 0 aliphatic rings. The molecule has 0 bridgehead atoms. The van der Waals surface area contributed by atoms with Crippen LogP contribution < -0.4 is 11.1 Å². The number of nitrogens with one attached hydrogen (secondary N) is 1. The molecule has 1 amide bonds. The lowest BCUT2D eigenvalue weighted by atomic mass is 10.2. The molecule has 0 aliphatic carbocycles. The number of hydrogen-bond donors (Lipinski definition) is 2. The Morgan fingerprint density at radius 1 is 1.45 bits per heavy atom. The highest BCUT2D eigenvalue weighted by atomic mass is 32.2. The van der Waals surface area contributed by atoms with E-state index >= 15 is 0 Å². The van der Waals surface area contributed by atoms with Crippen molar-refractivity contribution in [1.29, 1.82) is 0 Å². The van der Waals surface area contributed by atoms with Crippen LogP contribution in [0.2, 0.25) is 0 Å². The lowest BCUT2D eigenvalue weighted by Crippen LogP contribution is -2.36. The Bertz CT molecular complexity index is 687. The number of ether oxygens (including phenoxy) is 1. The highest BCUT2D eigenvalue weighted by molar-refractivity contribution is 7.99. The van der Waals surface area contributed by atoms with Gasteiger partial charge in [0.25, 0.3) is 0 Å². The van der Waals surface area contributed by atoms with Crippen LogP contribution >= 0.6 is 23.1 Å². The van der Waals surface area contributed by atoms with Crippen LogP contribution in [0.3, 0.4) is 0 Å². The van der Waals surface area contributed by atoms with E-state index in [2.05, 4.69) is 15.3 Å². The number of rotatable bonds is 6. The number of carbonyl (C=O) groups excluding carboxylic acids is 1. The van der Waals surface area contributed by atoms with Crippen molar-refractivity contribution in [3.63, 3.8) is 0 Å². The first-order valence-electron chi connectivity index (χ1n) is 6.86. The molecule has 2 heterocycles. The molecule has 2 aromatic heterocycles.